The number of hydrogen-bond donors (Lipinski definition) is 0. The highest BCUT2D eigenvalue weighted by atomic mass is 79.9. The Labute approximate surface area is 118 Å². The van der Waals surface area contributed by atoms with Crippen LogP contribution in [0, 0.1) is 21.4 Å². The molecule has 0 atom stereocenters. The molecule has 7 nitrogen and oxygen atoms in total. The van der Waals surface area contributed by atoms with Gasteiger partial charge in [-0.1, -0.05) is 15.9 Å². The summed E-state index contributed by atoms with van der Waals surface area (Å²) in [6, 6.07) is 5.51. The van der Waals surface area contributed by atoms with Crippen LogP contribution >= 0.6 is 15.9 Å². The van der Waals surface area contributed by atoms with E-state index in [0.29, 0.717) is 4.47 Å². The summed E-state index contributed by atoms with van der Waals surface area (Å²) in [7, 11) is -2.72. The lowest BCUT2D eigenvalue weighted by atomic mass is 10.3. The molecule has 0 saturated heterocycles. The maximum absolute atomic E-state index is 12.2. The summed E-state index contributed by atoms with van der Waals surface area (Å²) in [6.07, 6.45) is 0.0114. The van der Waals surface area contributed by atoms with Gasteiger partial charge in [-0.05, 0) is 12.1 Å². The molecule has 0 aliphatic carbocycles. The van der Waals surface area contributed by atoms with Gasteiger partial charge in [-0.2, -0.15) is 9.57 Å². The van der Waals surface area contributed by atoms with Crippen LogP contribution in [0.4, 0.5) is 5.69 Å². The molecule has 102 valence electrons. The molecule has 0 radical (unpaired) electrons. The van der Waals surface area contributed by atoms with Gasteiger partial charge in [0, 0.05) is 30.6 Å². The van der Waals surface area contributed by atoms with Crippen LogP contribution in [0.3, 0.4) is 0 Å². The minimum atomic E-state index is -4.00. The largest absolute Gasteiger partial charge is 0.289 e. The van der Waals surface area contributed by atoms with Crippen LogP contribution in [-0.4, -0.2) is 31.2 Å². The molecule has 0 aliphatic rings. The number of hydrogen-bond acceptors (Lipinski definition) is 5. The molecule has 0 unspecified atom stereocenters. The molecular weight excluding hydrogens is 338 g/mol. The fourth-order valence-corrected chi connectivity index (χ4v) is 3.20. The number of nitrogens with zero attached hydrogens (tertiary/aromatic N) is 3. The number of rotatable bonds is 5. The zero-order chi connectivity index (χ0) is 14.6. The molecule has 0 heterocycles. The van der Waals surface area contributed by atoms with Crippen molar-refractivity contribution in [2.45, 2.75) is 11.3 Å². The molecule has 9 heteroatoms. The van der Waals surface area contributed by atoms with Crippen molar-refractivity contribution in [2.24, 2.45) is 0 Å². The molecule has 19 heavy (non-hydrogen) atoms. The van der Waals surface area contributed by atoms with Crippen LogP contribution in [0.15, 0.2) is 27.6 Å². The predicted molar refractivity (Wildman–Crippen MR) is 70.8 cm³/mol. The molecule has 0 bridgehead atoms. The molecule has 1 aromatic rings. The van der Waals surface area contributed by atoms with E-state index in [-0.39, 0.29) is 13.0 Å². The van der Waals surface area contributed by atoms with Gasteiger partial charge >= 0.3 is 0 Å². The first-order valence-corrected chi connectivity index (χ1v) is 7.31. The van der Waals surface area contributed by atoms with Crippen LogP contribution in [-0.2, 0) is 10.0 Å². The fraction of sp³-hybridized carbons (Fsp3) is 0.300. The fourth-order valence-electron chi connectivity index (χ4n) is 1.34. The lowest BCUT2D eigenvalue weighted by Gasteiger charge is -2.15. The second kappa shape index (κ2) is 6.10. The quantitative estimate of drug-likeness (QED) is 0.597. The summed E-state index contributed by atoms with van der Waals surface area (Å²) in [5, 5.41) is 19.3. The molecule has 0 aromatic heterocycles. The Kier molecular flexibility index (Phi) is 4.99. The van der Waals surface area contributed by atoms with Crippen LogP contribution in [0.25, 0.3) is 0 Å². The topological polar surface area (TPSA) is 104 Å². The molecule has 1 aromatic carbocycles. The van der Waals surface area contributed by atoms with E-state index in [4.69, 9.17) is 5.26 Å². The van der Waals surface area contributed by atoms with Gasteiger partial charge in [-0.15, -0.1) is 0 Å². The maximum Gasteiger partial charge on any atom is 0.289 e. The average molecular weight is 348 g/mol. The van der Waals surface area contributed by atoms with E-state index in [9.17, 15) is 18.5 Å². The molecule has 0 aliphatic heterocycles. The SMILES string of the molecule is CN(CCC#N)S(=O)(=O)c1cc(Br)ccc1[N+](=O)[O-]. The lowest BCUT2D eigenvalue weighted by molar-refractivity contribution is -0.387. The van der Waals surface area contributed by atoms with Crippen molar-refractivity contribution in [3.63, 3.8) is 0 Å². The van der Waals surface area contributed by atoms with Gasteiger partial charge in [0.25, 0.3) is 5.69 Å². The zero-order valence-electron chi connectivity index (χ0n) is 9.91. The van der Waals surface area contributed by atoms with Gasteiger partial charge in [-0.25, -0.2) is 8.42 Å². The van der Waals surface area contributed by atoms with Crippen molar-refractivity contribution in [3.05, 3.63) is 32.8 Å². The number of nitro benzene ring substituents is 1. The summed E-state index contributed by atoms with van der Waals surface area (Å²) in [5.74, 6) is 0. The summed E-state index contributed by atoms with van der Waals surface area (Å²) in [5.41, 5.74) is -0.494. The van der Waals surface area contributed by atoms with Gasteiger partial charge in [0.15, 0.2) is 4.90 Å². The van der Waals surface area contributed by atoms with Crippen molar-refractivity contribution in [3.8, 4) is 6.07 Å². The molecule has 0 fully saturated rings. The van der Waals surface area contributed by atoms with E-state index in [2.05, 4.69) is 15.9 Å². The van der Waals surface area contributed by atoms with Crippen molar-refractivity contribution in [1.29, 1.82) is 5.26 Å². The van der Waals surface area contributed by atoms with Crippen molar-refractivity contribution in [2.75, 3.05) is 13.6 Å². The van der Waals surface area contributed by atoms with E-state index in [1.807, 2.05) is 6.07 Å². The monoisotopic (exact) mass is 347 g/mol. The average Bonchev–Trinajstić information content (AvgIpc) is 2.35. The number of sulfonamides is 1. The number of benzene rings is 1. The number of nitriles is 1. The maximum atomic E-state index is 12.2. The molecule has 0 N–H and O–H groups in total. The summed E-state index contributed by atoms with van der Waals surface area (Å²) < 4.78 is 25.8. The van der Waals surface area contributed by atoms with Gasteiger partial charge in [-0.3, -0.25) is 10.1 Å². The third-order valence-corrected chi connectivity index (χ3v) is 4.72. The standard InChI is InChI=1S/C10H10BrN3O4S/c1-13(6-2-5-12)19(17,18)10-7-8(11)3-4-9(10)14(15)16/h3-4,7H,2,6H2,1H3. The number of halogens is 1. The summed E-state index contributed by atoms with van der Waals surface area (Å²) in [4.78, 5) is 9.72. The van der Waals surface area contributed by atoms with Crippen molar-refractivity contribution in [1.82, 2.24) is 4.31 Å². The predicted octanol–water partition coefficient (Wildman–Crippen LogP) is 1.89. The summed E-state index contributed by atoms with van der Waals surface area (Å²) >= 11 is 3.08. The Morgan fingerprint density at radius 1 is 1.53 bits per heavy atom. The normalized spacial score (nSPS) is 11.3. The third-order valence-electron chi connectivity index (χ3n) is 2.35. The Hall–Kier alpha value is -1.50. The Morgan fingerprint density at radius 2 is 2.16 bits per heavy atom. The van der Waals surface area contributed by atoms with Crippen molar-refractivity contribution < 1.29 is 13.3 Å². The first-order valence-electron chi connectivity index (χ1n) is 5.08. The Bertz CT molecular complexity index is 639. The summed E-state index contributed by atoms with van der Waals surface area (Å²) in [6.45, 7) is -0.0253. The lowest BCUT2D eigenvalue weighted by Crippen LogP contribution is -2.28. The Morgan fingerprint density at radius 3 is 2.68 bits per heavy atom. The highest BCUT2D eigenvalue weighted by Crippen LogP contribution is 2.29. The first kappa shape index (κ1) is 15.6. The van der Waals surface area contributed by atoms with Crippen LogP contribution < -0.4 is 0 Å². The molecule has 0 spiro atoms. The van der Waals surface area contributed by atoms with Gasteiger partial charge in [0.2, 0.25) is 10.0 Å². The van der Waals surface area contributed by atoms with Crippen LogP contribution in [0.1, 0.15) is 6.42 Å². The number of nitro groups is 1. The van der Waals surface area contributed by atoms with Crippen LogP contribution in [0.2, 0.25) is 0 Å². The third kappa shape index (κ3) is 3.50. The molecular formula is C10H10BrN3O4S. The minimum absolute atomic E-state index is 0.0114. The van der Waals surface area contributed by atoms with Crippen LogP contribution in [0.5, 0.6) is 0 Å². The van der Waals surface area contributed by atoms with E-state index < -0.39 is 25.5 Å². The zero-order valence-corrected chi connectivity index (χ0v) is 12.3. The molecule has 0 amide bonds. The van der Waals surface area contributed by atoms with Crippen molar-refractivity contribution >= 4 is 31.6 Å². The second-order valence-electron chi connectivity index (χ2n) is 3.60. The second-order valence-corrected chi connectivity index (χ2v) is 6.53. The smallest absolute Gasteiger partial charge is 0.258 e. The van der Waals surface area contributed by atoms with E-state index in [1.54, 1.807) is 0 Å². The van der Waals surface area contributed by atoms with E-state index in [0.717, 1.165) is 10.4 Å². The highest BCUT2D eigenvalue weighted by Gasteiger charge is 2.29. The molecule has 1 rings (SSSR count). The Balaban J connectivity index is 3.32. The van der Waals surface area contributed by atoms with E-state index >= 15 is 0 Å². The minimum Gasteiger partial charge on any atom is -0.258 e. The first-order chi connectivity index (χ1) is 8.80. The van der Waals surface area contributed by atoms with Gasteiger partial charge < -0.3 is 0 Å². The van der Waals surface area contributed by atoms with E-state index in [1.165, 1.54) is 19.2 Å². The van der Waals surface area contributed by atoms with Gasteiger partial charge in [0.05, 0.1) is 11.0 Å². The molecule has 0 saturated carbocycles. The van der Waals surface area contributed by atoms with Gasteiger partial charge in [0.1, 0.15) is 0 Å². The highest BCUT2D eigenvalue weighted by molar-refractivity contribution is 9.10.